The zero-order valence-electron chi connectivity index (χ0n) is 13.3. The topological polar surface area (TPSA) is 104 Å². The minimum atomic E-state index is -3.28. The van der Waals surface area contributed by atoms with Crippen molar-refractivity contribution in [3.8, 4) is 0 Å². The highest BCUT2D eigenvalue weighted by molar-refractivity contribution is 7.92. The first kappa shape index (κ1) is 19.7. The molecule has 0 aliphatic rings. The van der Waals surface area contributed by atoms with Crippen LogP contribution in [0.1, 0.15) is 40.5 Å². The molecule has 0 aliphatic heterocycles. The maximum absolute atomic E-state index is 12.1. The SMILES string of the molecule is CC(C)N(CCCC(=O)O)C(=O)NCC(C)(C)S(C)(=O)=O. The molecule has 0 radical (unpaired) electrons. The van der Waals surface area contributed by atoms with Crippen molar-refractivity contribution in [2.45, 2.75) is 51.3 Å². The van der Waals surface area contributed by atoms with Crippen LogP contribution in [-0.2, 0) is 14.6 Å². The summed E-state index contributed by atoms with van der Waals surface area (Å²) in [5.74, 6) is -0.905. The van der Waals surface area contributed by atoms with Crippen molar-refractivity contribution in [1.29, 1.82) is 0 Å². The monoisotopic (exact) mass is 322 g/mol. The second-order valence-corrected chi connectivity index (χ2v) is 8.62. The van der Waals surface area contributed by atoms with Crippen molar-refractivity contribution < 1.29 is 23.1 Å². The molecule has 0 spiro atoms. The molecule has 0 atom stereocenters. The number of carbonyl (C=O) groups is 2. The van der Waals surface area contributed by atoms with Crippen LogP contribution in [0, 0.1) is 0 Å². The minimum absolute atomic E-state index is 0.00676. The molecule has 0 aliphatic carbocycles. The number of hydrogen-bond donors (Lipinski definition) is 2. The summed E-state index contributed by atoms with van der Waals surface area (Å²) in [4.78, 5) is 24.1. The average Bonchev–Trinajstić information content (AvgIpc) is 2.29. The number of amides is 2. The van der Waals surface area contributed by atoms with Gasteiger partial charge in [0.25, 0.3) is 0 Å². The lowest BCUT2D eigenvalue weighted by atomic mass is 10.2. The molecule has 0 unspecified atom stereocenters. The van der Waals surface area contributed by atoms with Crippen molar-refractivity contribution >= 4 is 21.8 Å². The summed E-state index contributed by atoms with van der Waals surface area (Å²) in [7, 11) is -3.28. The van der Waals surface area contributed by atoms with Gasteiger partial charge in [0, 0.05) is 31.8 Å². The molecule has 0 bridgehead atoms. The van der Waals surface area contributed by atoms with Gasteiger partial charge in [0.15, 0.2) is 9.84 Å². The number of carboxylic acid groups (broad SMARTS) is 1. The lowest BCUT2D eigenvalue weighted by Gasteiger charge is -2.29. The van der Waals surface area contributed by atoms with Gasteiger partial charge in [-0.15, -0.1) is 0 Å². The molecule has 0 aromatic carbocycles. The summed E-state index contributed by atoms with van der Waals surface area (Å²) in [6.07, 6.45) is 1.48. The number of nitrogens with one attached hydrogen (secondary N) is 1. The molecule has 0 rings (SSSR count). The van der Waals surface area contributed by atoms with E-state index in [0.717, 1.165) is 6.26 Å². The van der Waals surface area contributed by atoms with Crippen LogP contribution in [0.3, 0.4) is 0 Å². The van der Waals surface area contributed by atoms with Gasteiger partial charge in [0.05, 0.1) is 4.75 Å². The molecule has 8 heteroatoms. The largest absolute Gasteiger partial charge is 0.481 e. The highest BCUT2D eigenvalue weighted by Gasteiger charge is 2.31. The second-order valence-electron chi connectivity index (χ2n) is 5.97. The molecule has 0 aromatic rings. The van der Waals surface area contributed by atoms with E-state index < -0.39 is 20.6 Å². The number of nitrogens with zero attached hydrogens (tertiary/aromatic N) is 1. The minimum Gasteiger partial charge on any atom is -0.481 e. The van der Waals surface area contributed by atoms with Gasteiger partial charge >= 0.3 is 12.0 Å². The zero-order valence-corrected chi connectivity index (χ0v) is 14.2. The summed E-state index contributed by atoms with van der Waals surface area (Å²) < 4.78 is 22.1. The van der Waals surface area contributed by atoms with E-state index >= 15 is 0 Å². The van der Waals surface area contributed by atoms with E-state index in [1.54, 1.807) is 13.8 Å². The maximum atomic E-state index is 12.1. The molecule has 21 heavy (non-hydrogen) atoms. The number of sulfone groups is 1. The quantitative estimate of drug-likeness (QED) is 0.696. The highest BCUT2D eigenvalue weighted by Crippen LogP contribution is 2.14. The van der Waals surface area contributed by atoms with Crippen LogP contribution < -0.4 is 5.32 Å². The summed E-state index contributed by atoms with van der Waals surface area (Å²) >= 11 is 0. The first-order valence-corrected chi connectivity index (χ1v) is 8.73. The first-order chi connectivity index (χ1) is 9.38. The Morgan fingerprint density at radius 2 is 1.81 bits per heavy atom. The predicted molar refractivity (Wildman–Crippen MR) is 81.0 cm³/mol. The number of aliphatic carboxylic acids is 1. The normalized spacial score (nSPS) is 12.3. The van der Waals surface area contributed by atoms with Gasteiger partial charge in [-0.1, -0.05) is 0 Å². The molecule has 2 N–H and O–H groups in total. The predicted octanol–water partition coefficient (Wildman–Crippen LogP) is 1.09. The third-order valence-electron chi connectivity index (χ3n) is 3.34. The van der Waals surface area contributed by atoms with Gasteiger partial charge in [-0.25, -0.2) is 13.2 Å². The summed E-state index contributed by atoms with van der Waals surface area (Å²) in [5.41, 5.74) is 0. The van der Waals surface area contributed by atoms with Crippen LogP contribution >= 0.6 is 0 Å². The molecular weight excluding hydrogens is 296 g/mol. The van der Waals surface area contributed by atoms with Crippen LogP contribution in [0.15, 0.2) is 0 Å². The van der Waals surface area contributed by atoms with Crippen LogP contribution in [-0.4, -0.2) is 60.6 Å². The molecular formula is C13H26N2O5S. The molecule has 2 amide bonds. The van der Waals surface area contributed by atoms with Crippen LogP contribution in [0.2, 0.25) is 0 Å². The Kier molecular flexibility index (Phi) is 7.15. The molecule has 0 saturated carbocycles. The molecule has 0 aromatic heterocycles. The third-order valence-corrected chi connectivity index (χ3v) is 5.49. The smallest absolute Gasteiger partial charge is 0.317 e. The van der Waals surface area contributed by atoms with Crippen LogP contribution in [0.25, 0.3) is 0 Å². The van der Waals surface area contributed by atoms with Crippen LogP contribution in [0.5, 0.6) is 0 Å². The van der Waals surface area contributed by atoms with Crippen molar-refractivity contribution in [2.75, 3.05) is 19.3 Å². The van der Waals surface area contributed by atoms with Gasteiger partial charge in [-0.2, -0.15) is 0 Å². The molecule has 124 valence electrons. The van der Waals surface area contributed by atoms with E-state index in [2.05, 4.69) is 5.32 Å². The molecule has 0 heterocycles. The van der Waals surface area contributed by atoms with Crippen molar-refractivity contribution in [1.82, 2.24) is 10.2 Å². The number of rotatable bonds is 8. The third kappa shape index (κ3) is 6.79. The van der Waals surface area contributed by atoms with Gasteiger partial charge < -0.3 is 15.3 Å². The summed E-state index contributed by atoms with van der Waals surface area (Å²) in [5, 5.41) is 11.2. The Labute approximate surface area is 126 Å². The highest BCUT2D eigenvalue weighted by atomic mass is 32.2. The molecule has 0 saturated heterocycles. The fraction of sp³-hybridized carbons (Fsp3) is 0.846. The van der Waals surface area contributed by atoms with Crippen molar-refractivity contribution in [3.63, 3.8) is 0 Å². The van der Waals surface area contributed by atoms with Gasteiger partial charge in [0.1, 0.15) is 0 Å². The van der Waals surface area contributed by atoms with Crippen LogP contribution in [0.4, 0.5) is 4.79 Å². The van der Waals surface area contributed by atoms with E-state index in [-0.39, 0.29) is 25.0 Å². The number of carbonyl (C=O) groups excluding carboxylic acids is 1. The Hall–Kier alpha value is -1.31. The summed E-state index contributed by atoms with van der Waals surface area (Å²) in [6, 6.07) is -0.479. The zero-order chi connectivity index (χ0) is 16.8. The van der Waals surface area contributed by atoms with E-state index in [1.165, 1.54) is 4.90 Å². The van der Waals surface area contributed by atoms with Gasteiger partial charge in [-0.3, -0.25) is 4.79 Å². The van der Waals surface area contributed by atoms with E-state index in [0.29, 0.717) is 13.0 Å². The van der Waals surface area contributed by atoms with Crippen molar-refractivity contribution in [3.05, 3.63) is 0 Å². The number of urea groups is 1. The second kappa shape index (κ2) is 7.63. The fourth-order valence-electron chi connectivity index (χ4n) is 1.52. The lowest BCUT2D eigenvalue weighted by Crippen LogP contribution is -2.50. The maximum Gasteiger partial charge on any atom is 0.317 e. The lowest BCUT2D eigenvalue weighted by molar-refractivity contribution is -0.137. The Bertz CT molecular complexity index is 471. The van der Waals surface area contributed by atoms with Crippen molar-refractivity contribution in [2.24, 2.45) is 0 Å². The Morgan fingerprint density at radius 1 is 1.29 bits per heavy atom. The number of carboxylic acids is 1. The standard InChI is InChI=1S/C13H26N2O5S/c1-10(2)15(8-6-7-11(16)17)12(18)14-9-13(3,4)21(5,19)20/h10H,6-9H2,1-5H3,(H,14,18)(H,16,17). The van der Waals surface area contributed by atoms with E-state index in [9.17, 15) is 18.0 Å². The first-order valence-electron chi connectivity index (χ1n) is 6.84. The number of hydrogen-bond acceptors (Lipinski definition) is 4. The van der Waals surface area contributed by atoms with E-state index in [4.69, 9.17) is 5.11 Å². The fourth-order valence-corrected chi connectivity index (χ4v) is 1.85. The van der Waals surface area contributed by atoms with Gasteiger partial charge in [-0.05, 0) is 34.1 Å². The Balaban J connectivity index is 4.60. The van der Waals surface area contributed by atoms with Gasteiger partial charge in [0.2, 0.25) is 0 Å². The Morgan fingerprint density at radius 3 is 2.19 bits per heavy atom. The average molecular weight is 322 g/mol. The summed E-state index contributed by atoms with van der Waals surface area (Å²) in [6.45, 7) is 7.06. The molecule has 0 fully saturated rings. The van der Waals surface area contributed by atoms with E-state index in [1.807, 2.05) is 13.8 Å². The molecule has 7 nitrogen and oxygen atoms in total.